The number of halogens is 2. The fourth-order valence-corrected chi connectivity index (χ4v) is 4.64. The molecule has 1 fully saturated rings. The summed E-state index contributed by atoms with van der Waals surface area (Å²) in [5.41, 5.74) is 0.222. The van der Waals surface area contributed by atoms with Crippen molar-refractivity contribution in [3.05, 3.63) is 76.0 Å². The molecule has 0 radical (unpaired) electrons. The van der Waals surface area contributed by atoms with Gasteiger partial charge in [-0.1, -0.05) is 0 Å². The zero-order valence-corrected chi connectivity index (χ0v) is 21.0. The van der Waals surface area contributed by atoms with E-state index in [4.69, 9.17) is 9.47 Å². The van der Waals surface area contributed by atoms with Crippen LogP contribution in [0, 0.1) is 5.82 Å². The number of aliphatic hydroxyl groups is 1. The third kappa shape index (κ3) is 4.66. The Labute approximate surface area is 214 Å². The second-order valence-corrected chi connectivity index (χ2v) is 8.90. The summed E-state index contributed by atoms with van der Waals surface area (Å²) >= 11 is 3.27. The van der Waals surface area contributed by atoms with E-state index in [0.29, 0.717) is 18.5 Å². The number of phenols is 1. The van der Waals surface area contributed by atoms with Crippen LogP contribution in [-0.4, -0.2) is 57.1 Å². The molecule has 188 valence electrons. The minimum absolute atomic E-state index is 0.0134. The molecule has 36 heavy (non-hydrogen) atoms. The number of nitrogens with zero attached hydrogens (tertiary/aromatic N) is 3. The number of amides is 1. The molecule has 1 aliphatic rings. The number of hydrogen-bond acceptors (Lipinski definition) is 7. The molecule has 3 aromatic rings. The standard InChI is InChI=1S/C25H23BrFN3O6/c1-35-18-5-4-14(11-17(18)27)22(31)20-21(15-10-16(26)23(32)19(12-15)36-2)30(25(34)24(20)33)8-3-7-29-9-6-28-13-29/h4-6,9-13,21,31-32H,3,7-8H2,1-2H3/t21-/m1/s1. The molecule has 0 unspecified atom stereocenters. The monoisotopic (exact) mass is 559 g/mol. The van der Waals surface area contributed by atoms with E-state index in [-0.39, 0.29) is 39.4 Å². The smallest absolute Gasteiger partial charge is 0.295 e. The molecule has 2 aromatic carbocycles. The second kappa shape index (κ2) is 10.4. The number of Topliss-reactive ketones (excluding diaryl/α,β-unsaturated/α-hetero) is 1. The van der Waals surface area contributed by atoms with E-state index in [2.05, 4.69) is 20.9 Å². The Morgan fingerprint density at radius 1 is 1.14 bits per heavy atom. The van der Waals surface area contributed by atoms with Crippen LogP contribution >= 0.6 is 15.9 Å². The van der Waals surface area contributed by atoms with E-state index in [0.717, 1.165) is 6.07 Å². The van der Waals surface area contributed by atoms with Gasteiger partial charge >= 0.3 is 0 Å². The number of imidazole rings is 1. The molecule has 0 saturated carbocycles. The highest BCUT2D eigenvalue weighted by Gasteiger charge is 2.46. The molecule has 11 heteroatoms. The summed E-state index contributed by atoms with van der Waals surface area (Å²) in [7, 11) is 2.68. The van der Waals surface area contributed by atoms with Crippen LogP contribution < -0.4 is 9.47 Å². The molecule has 0 spiro atoms. The van der Waals surface area contributed by atoms with Crippen molar-refractivity contribution in [1.29, 1.82) is 0 Å². The minimum Gasteiger partial charge on any atom is -0.507 e. The maximum Gasteiger partial charge on any atom is 0.295 e. The predicted molar refractivity (Wildman–Crippen MR) is 131 cm³/mol. The Morgan fingerprint density at radius 3 is 2.53 bits per heavy atom. The van der Waals surface area contributed by atoms with Gasteiger partial charge in [0, 0.05) is 31.0 Å². The first-order chi connectivity index (χ1) is 17.3. The predicted octanol–water partition coefficient (Wildman–Crippen LogP) is 4.02. The van der Waals surface area contributed by atoms with Gasteiger partial charge in [-0.05, 0) is 58.2 Å². The largest absolute Gasteiger partial charge is 0.507 e. The molecule has 0 aliphatic carbocycles. The van der Waals surface area contributed by atoms with Gasteiger partial charge in [0.15, 0.2) is 23.1 Å². The van der Waals surface area contributed by atoms with Gasteiger partial charge in [-0.15, -0.1) is 0 Å². The van der Waals surface area contributed by atoms with Crippen molar-refractivity contribution >= 4 is 33.4 Å². The van der Waals surface area contributed by atoms with Crippen LogP contribution in [0.4, 0.5) is 4.39 Å². The molecule has 1 saturated heterocycles. The Balaban J connectivity index is 1.82. The molecular formula is C25H23BrFN3O6. The normalized spacial score (nSPS) is 17.0. The maximum atomic E-state index is 14.4. The third-order valence-corrected chi connectivity index (χ3v) is 6.53. The maximum absolute atomic E-state index is 14.4. The van der Waals surface area contributed by atoms with Crippen molar-refractivity contribution < 1.29 is 33.7 Å². The van der Waals surface area contributed by atoms with Crippen LogP contribution in [0.25, 0.3) is 5.76 Å². The van der Waals surface area contributed by atoms with Gasteiger partial charge in [0.25, 0.3) is 11.7 Å². The van der Waals surface area contributed by atoms with Crippen molar-refractivity contribution in [2.24, 2.45) is 0 Å². The van der Waals surface area contributed by atoms with Crippen LogP contribution in [0.5, 0.6) is 17.2 Å². The highest BCUT2D eigenvalue weighted by atomic mass is 79.9. The fraction of sp³-hybridized carbons (Fsp3) is 0.240. The number of methoxy groups -OCH3 is 2. The number of aromatic nitrogens is 2. The summed E-state index contributed by atoms with van der Waals surface area (Å²) in [5, 5.41) is 21.4. The summed E-state index contributed by atoms with van der Waals surface area (Å²) in [5.74, 6) is -3.05. The van der Waals surface area contributed by atoms with Gasteiger partial charge in [0.1, 0.15) is 5.76 Å². The zero-order chi connectivity index (χ0) is 26.0. The number of phenolic OH excluding ortho intramolecular Hbond substituents is 1. The van der Waals surface area contributed by atoms with Crippen molar-refractivity contribution in [3.8, 4) is 17.2 Å². The molecule has 9 nitrogen and oxygen atoms in total. The Bertz CT molecular complexity index is 1340. The van der Waals surface area contributed by atoms with Crippen LogP contribution in [-0.2, 0) is 16.1 Å². The number of aromatic hydroxyl groups is 1. The zero-order valence-electron chi connectivity index (χ0n) is 19.4. The summed E-state index contributed by atoms with van der Waals surface area (Å²) in [6.07, 6.45) is 5.56. The van der Waals surface area contributed by atoms with Gasteiger partial charge in [-0.3, -0.25) is 9.59 Å². The lowest BCUT2D eigenvalue weighted by Gasteiger charge is -2.26. The quantitative estimate of drug-likeness (QED) is 0.243. The van der Waals surface area contributed by atoms with Crippen molar-refractivity contribution in [1.82, 2.24) is 14.5 Å². The van der Waals surface area contributed by atoms with Crippen LogP contribution in [0.1, 0.15) is 23.6 Å². The number of ketones is 1. The molecule has 1 amide bonds. The molecule has 1 aromatic heterocycles. The number of aryl methyl sites for hydroxylation is 1. The number of aliphatic hydroxyl groups excluding tert-OH is 1. The number of rotatable bonds is 8. The summed E-state index contributed by atoms with van der Waals surface area (Å²) in [4.78, 5) is 31.7. The van der Waals surface area contributed by atoms with Crippen molar-refractivity contribution in [2.75, 3.05) is 20.8 Å². The lowest BCUT2D eigenvalue weighted by atomic mass is 9.94. The van der Waals surface area contributed by atoms with Gasteiger partial charge in [-0.2, -0.15) is 0 Å². The van der Waals surface area contributed by atoms with E-state index in [1.807, 2.05) is 4.57 Å². The molecule has 0 bridgehead atoms. The average molecular weight is 560 g/mol. The van der Waals surface area contributed by atoms with Gasteiger partial charge in [0.2, 0.25) is 0 Å². The third-order valence-electron chi connectivity index (χ3n) is 5.93. The number of carbonyl (C=O) groups is 2. The second-order valence-electron chi connectivity index (χ2n) is 8.05. The first-order valence-corrected chi connectivity index (χ1v) is 11.7. The van der Waals surface area contributed by atoms with Crippen molar-refractivity contribution in [2.45, 2.75) is 19.0 Å². The molecule has 2 N–H and O–H groups in total. The SMILES string of the molecule is COc1ccc(C(O)=C2C(=O)C(=O)N(CCCn3ccnc3)[C@@H]2c2cc(Br)c(O)c(OC)c2)cc1F. The molecule has 2 heterocycles. The van der Waals surface area contributed by atoms with E-state index in [1.54, 1.807) is 24.8 Å². The fourth-order valence-electron chi connectivity index (χ4n) is 4.18. The average Bonchev–Trinajstić information content (AvgIpc) is 3.47. The number of carbonyl (C=O) groups excluding carboxylic acids is 2. The van der Waals surface area contributed by atoms with Crippen LogP contribution in [0.15, 0.2) is 59.1 Å². The van der Waals surface area contributed by atoms with Gasteiger partial charge in [0.05, 0.1) is 36.6 Å². The molecular weight excluding hydrogens is 537 g/mol. The highest BCUT2D eigenvalue weighted by Crippen LogP contribution is 2.44. The summed E-state index contributed by atoms with van der Waals surface area (Å²) < 4.78 is 26.7. The van der Waals surface area contributed by atoms with Gasteiger partial charge in [-0.25, -0.2) is 9.37 Å². The number of benzene rings is 2. The van der Waals surface area contributed by atoms with E-state index >= 15 is 0 Å². The Kier molecular flexibility index (Phi) is 7.30. The molecule has 1 atom stereocenters. The Morgan fingerprint density at radius 2 is 1.89 bits per heavy atom. The number of hydrogen-bond donors (Lipinski definition) is 2. The number of ether oxygens (including phenoxy) is 2. The lowest BCUT2D eigenvalue weighted by Crippen LogP contribution is -2.31. The minimum atomic E-state index is -1.01. The van der Waals surface area contributed by atoms with E-state index in [1.165, 1.54) is 37.3 Å². The van der Waals surface area contributed by atoms with Crippen molar-refractivity contribution in [3.63, 3.8) is 0 Å². The summed E-state index contributed by atoms with van der Waals surface area (Å²) in [6.45, 7) is 0.726. The lowest BCUT2D eigenvalue weighted by molar-refractivity contribution is -0.139. The molecule has 1 aliphatic heterocycles. The van der Waals surface area contributed by atoms with Crippen LogP contribution in [0.2, 0.25) is 0 Å². The van der Waals surface area contributed by atoms with Crippen LogP contribution in [0.3, 0.4) is 0 Å². The summed E-state index contributed by atoms with van der Waals surface area (Å²) in [6, 6.07) is 5.77. The number of likely N-dealkylation sites (tertiary alicyclic amines) is 1. The topological polar surface area (TPSA) is 114 Å². The van der Waals surface area contributed by atoms with E-state index < -0.39 is 29.3 Å². The molecule has 4 rings (SSSR count). The first kappa shape index (κ1) is 25.2. The first-order valence-electron chi connectivity index (χ1n) is 10.9. The highest BCUT2D eigenvalue weighted by molar-refractivity contribution is 9.10. The van der Waals surface area contributed by atoms with Gasteiger partial charge < -0.3 is 29.2 Å². The Hall–Kier alpha value is -3.86. The van der Waals surface area contributed by atoms with E-state index in [9.17, 15) is 24.2 Å².